The highest BCUT2D eigenvalue weighted by atomic mass is 32.2. The summed E-state index contributed by atoms with van der Waals surface area (Å²) in [7, 11) is -3.06. The molecule has 6 nitrogen and oxygen atoms in total. The molecule has 2 heterocycles. The van der Waals surface area contributed by atoms with E-state index in [-0.39, 0.29) is 5.54 Å². The molecule has 0 amide bonds. The number of nitrogens with zero attached hydrogens (tertiary/aromatic N) is 3. The van der Waals surface area contributed by atoms with E-state index in [2.05, 4.69) is 23.6 Å². The molecule has 118 valence electrons. The summed E-state index contributed by atoms with van der Waals surface area (Å²) in [5.41, 5.74) is 6.12. The Morgan fingerprint density at radius 2 is 1.75 bits per heavy atom. The first-order chi connectivity index (χ1) is 9.28. The van der Waals surface area contributed by atoms with Crippen molar-refractivity contribution in [2.45, 2.75) is 31.8 Å². The van der Waals surface area contributed by atoms with Gasteiger partial charge in [0.25, 0.3) is 0 Å². The third kappa shape index (κ3) is 3.17. The molecule has 20 heavy (non-hydrogen) atoms. The van der Waals surface area contributed by atoms with E-state index in [4.69, 9.17) is 5.73 Å². The Balaban J connectivity index is 2.01. The highest BCUT2D eigenvalue weighted by molar-refractivity contribution is 7.88. The fraction of sp³-hybridized carbons (Fsp3) is 1.00. The lowest BCUT2D eigenvalue weighted by molar-refractivity contribution is 0.0614. The minimum Gasteiger partial charge on any atom is -0.329 e. The topological polar surface area (TPSA) is 69.9 Å². The molecule has 0 spiro atoms. The molecule has 1 unspecified atom stereocenters. The monoisotopic (exact) mass is 304 g/mol. The summed E-state index contributed by atoms with van der Waals surface area (Å²) in [6, 6.07) is 0.542. The van der Waals surface area contributed by atoms with Crippen LogP contribution in [0.5, 0.6) is 0 Å². The van der Waals surface area contributed by atoms with Gasteiger partial charge in [-0.25, -0.2) is 8.42 Å². The van der Waals surface area contributed by atoms with Gasteiger partial charge in [0, 0.05) is 57.4 Å². The molecule has 0 radical (unpaired) electrons. The highest BCUT2D eigenvalue weighted by Crippen LogP contribution is 2.29. The normalized spacial score (nSPS) is 31.2. The van der Waals surface area contributed by atoms with Crippen molar-refractivity contribution in [3.63, 3.8) is 0 Å². The van der Waals surface area contributed by atoms with Crippen molar-refractivity contribution < 1.29 is 8.42 Å². The maximum absolute atomic E-state index is 11.6. The molecule has 2 fully saturated rings. The van der Waals surface area contributed by atoms with Crippen molar-refractivity contribution >= 4 is 10.0 Å². The first-order valence-electron chi connectivity index (χ1n) is 7.43. The number of nitrogens with two attached hydrogens (primary N) is 1. The molecule has 0 aromatic carbocycles. The summed E-state index contributed by atoms with van der Waals surface area (Å²) in [5.74, 6) is 0. The van der Waals surface area contributed by atoms with Crippen molar-refractivity contribution in [2.75, 3.05) is 52.1 Å². The molecule has 2 N–H and O–H groups in total. The van der Waals surface area contributed by atoms with Crippen LogP contribution in [0.2, 0.25) is 0 Å². The maximum Gasteiger partial charge on any atom is 0.211 e. The second-order valence-corrected chi connectivity index (χ2v) is 8.37. The Kier molecular flexibility index (Phi) is 4.76. The van der Waals surface area contributed by atoms with Gasteiger partial charge in [-0.3, -0.25) is 9.80 Å². The third-order valence-corrected chi connectivity index (χ3v) is 6.15. The van der Waals surface area contributed by atoms with Crippen molar-refractivity contribution in [3.05, 3.63) is 0 Å². The standard InChI is InChI=1S/C13H28N4O2S/c1-12(2)15-5-4-13(10-14,11-15)16-6-8-17(9-7-16)20(3,18)19/h12H,4-11,14H2,1-3H3. The van der Waals surface area contributed by atoms with E-state index >= 15 is 0 Å². The summed E-state index contributed by atoms with van der Waals surface area (Å²) in [6.07, 6.45) is 2.37. The Morgan fingerprint density at radius 1 is 1.15 bits per heavy atom. The zero-order valence-electron chi connectivity index (χ0n) is 12.9. The summed E-state index contributed by atoms with van der Waals surface area (Å²) in [4.78, 5) is 4.88. The number of hydrogen-bond acceptors (Lipinski definition) is 5. The van der Waals surface area contributed by atoms with E-state index in [9.17, 15) is 8.42 Å². The van der Waals surface area contributed by atoms with Crippen LogP contribution in [-0.4, -0.2) is 86.2 Å². The van der Waals surface area contributed by atoms with Crippen LogP contribution < -0.4 is 5.73 Å². The van der Waals surface area contributed by atoms with Crippen molar-refractivity contribution in [2.24, 2.45) is 5.73 Å². The average molecular weight is 304 g/mol. The molecule has 0 aromatic heterocycles. The Hall–Kier alpha value is -0.210. The van der Waals surface area contributed by atoms with Crippen LogP contribution in [0.1, 0.15) is 20.3 Å². The van der Waals surface area contributed by atoms with Gasteiger partial charge in [0.05, 0.1) is 6.26 Å². The molecule has 0 aliphatic carbocycles. The van der Waals surface area contributed by atoms with E-state index in [1.165, 1.54) is 6.26 Å². The van der Waals surface area contributed by atoms with E-state index in [1.807, 2.05) is 0 Å². The quantitative estimate of drug-likeness (QED) is 0.749. The first kappa shape index (κ1) is 16.2. The van der Waals surface area contributed by atoms with Crippen LogP contribution in [0.25, 0.3) is 0 Å². The molecule has 0 bridgehead atoms. The Labute approximate surface area is 122 Å². The van der Waals surface area contributed by atoms with Crippen molar-refractivity contribution in [1.82, 2.24) is 14.1 Å². The van der Waals surface area contributed by atoms with Crippen molar-refractivity contribution in [3.8, 4) is 0 Å². The van der Waals surface area contributed by atoms with E-state index in [0.717, 1.165) is 32.6 Å². The number of likely N-dealkylation sites (tertiary alicyclic amines) is 1. The Bertz CT molecular complexity index is 432. The maximum atomic E-state index is 11.6. The minimum atomic E-state index is -3.06. The van der Waals surface area contributed by atoms with Crippen LogP contribution in [0, 0.1) is 0 Å². The first-order valence-corrected chi connectivity index (χ1v) is 9.28. The molecule has 2 aliphatic heterocycles. The lowest BCUT2D eigenvalue weighted by atomic mass is 9.95. The van der Waals surface area contributed by atoms with Crippen LogP contribution >= 0.6 is 0 Å². The zero-order valence-corrected chi connectivity index (χ0v) is 13.7. The smallest absolute Gasteiger partial charge is 0.211 e. The lowest BCUT2D eigenvalue weighted by Crippen LogP contribution is -2.62. The number of rotatable bonds is 4. The molecule has 0 aromatic rings. The van der Waals surface area contributed by atoms with Crippen LogP contribution in [0.15, 0.2) is 0 Å². The van der Waals surface area contributed by atoms with Crippen LogP contribution in [-0.2, 0) is 10.0 Å². The van der Waals surface area contributed by atoms with Gasteiger partial charge in [-0.05, 0) is 20.3 Å². The van der Waals surface area contributed by atoms with E-state index in [1.54, 1.807) is 4.31 Å². The molecule has 0 saturated carbocycles. The average Bonchev–Trinajstić information content (AvgIpc) is 2.84. The summed E-state index contributed by atoms with van der Waals surface area (Å²) in [6.45, 7) is 9.91. The number of sulfonamides is 1. The van der Waals surface area contributed by atoms with Crippen molar-refractivity contribution in [1.29, 1.82) is 0 Å². The number of piperazine rings is 1. The number of hydrogen-bond donors (Lipinski definition) is 1. The molecule has 2 rings (SSSR count). The van der Waals surface area contributed by atoms with Gasteiger partial charge in [-0.1, -0.05) is 0 Å². The summed E-state index contributed by atoms with van der Waals surface area (Å²) < 4.78 is 24.7. The van der Waals surface area contributed by atoms with Gasteiger partial charge in [0.15, 0.2) is 0 Å². The SMILES string of the molecule is CC(C)N1CCC(CN)(N2CCN(S(C)(=O)=O)CC2)C1. The second kappa shape index (κ2) is 5.88. The fourth-order valence-electron chi connectivity index (χ4n) is 3.38. The zero-order chi connectivity index (χ0) is 15.0. The second-order valence-electron chi connectivity index (χ2n) is 6.39. The fourth-order valence-corrected chi connectivity index (χ4v) is 4.20. The van der Waals surface area contributed by atoms with E-state index in [0.29, 0.717) is 25.7 Å². The Morgan fingerprint density at radius 3 is 2.15 bits per heavy atom. The van der Waals surface area contributed by atoms with E-state index < -0.39 is 10.0 Å². The van der Waals surface area contributed by atoms with Gasteiger partial charge in [0.1, 0.15) is 0 Å². The summed E-state index contributed by atoms with van der Waals surface area (Å²) >= 11 is 0. The summed E-state index contributed by atoms with van der Waals surface area (Å²) in [5, 5.41) is 0. The van der Waals surface area contributed by atoms with Crippen LogP contribution in [0.3, 0.4) is 0 Å². The molecule has 2 aliphatic rings. The van der Waals surface area contributed by atoms with Crippen LogP contribution in [0.4, 0.5) is 0 Å². The van der Waals surface area contributed by atoms with Gasteiger partial charge in [0.2, 0.25) is 10.0 Å². The minimum absolute atomic E-state index is 0.0356. The molecule has 7 heteroatoms. The van der Waals surface area contributed by atoms with Gasteiger partial charge in [-0.2, -0.15) is 4.31 Å². The molecular weight excluding hydrogens is 276 g/mol. The highest BCUT2D eigenvalue weighted by Gasteiger charge is 2.43. The largest absolute Gasteiger partial charge is 0.329 e. The molecular formula is C13H28N4O2S. The molecule has 1 atom stereocenters. The predicted octanol–water partition coefficient (Wildman–Crippen LogP) is -0.625. The van der Waals surface area contributed by atoms with Gasteiger partial charge >= 0.3 is 0 Å². The van der Waals surface area contributed by atoms with Gasteiger partial charge in [-0.15, -0.1) is 0 Å². The molecule has 2 saturated heterocycles. The predicted molar refractivity (Wildman–Crippen MR) is 81.1 cm³/mol. The van der Waals surface area contributed by atoms with Gasteiger partial charge < -0.3 is 5.73 Å². The third-order valence-electron chi connectivity index (χ3n) is 4.85. The lowest BCUT2D eigenvalue weighted by Gasteiger charge is -2.45.